The highest BCUT2D eigenvalue weighted by Crippen LogP contribution is 2.29. The van der Waals surface area contributed by atoms with E-state index in [2.05, 4.69) is 4.98 Å². The van der Waals surface area contributed by atoms with Crippen LogP contribution >= 0.6 is 0 Å². The summed E-state index contributed by atoms with van der Waals surface area (Å²) in [5.74, 6) is 0.187. The molecule has 0 unspecified atom stereocenters. The zero-order valence-electron chi connectivity index (χ0n) is 9.41. The normalized spacial score (nSPS) is 10.5. The number of hydrogen-bond donors (Lipinski definition) is 1. The van der Waals surface area contributed by atoms with Crippen molar-refractivity contribution in [2.24, 2.45) is 0 Å². The molecule has 0 spiro atoms. The number of aryl methyl sites for hydroxylation is 1. The Morgan fingerprint density at radius 2 is 2.00 bits per heavy atom. The Labute approximate surface area is 97.3 Å². The molecule has 88 valence electrons. The van der Waals surface area contributed by atoms with Crippen LogP contribution in [0.3, 0.4) is 0 Å². The summed E-state index contributed by atoms with van der Waals surface area (Å²) in [5, 5.41) is 20.7. The molecule has 0 aliphatic carbocycles. The number of rotatable bonds is 2. The number of benzene rings is 1. The largest absolute Gasteiger partial charge is 0.427 e. The van der Waals surface area contributed by atoms with Gasteiger partial charge < -0.3 is 5.21 Å². The van der Waals surface area contributed by atoms with E-state index in [4.69, 9.17) is 0 Å². The predicted octanol–water partition coefficient (Wildman–Crippen LogP) is 2.31. The van der Waals surface area contributed by atoms with E-state index in [1.807, 2.05) is 0 Å². The summed E-state index contributed by atoms with van der Waals surface area (Å²) in [6.45, 7) is 3.43. The third kappa shape index (κ3) is 1.73. The molecule has 0 bridgehead atoms. The molecule has 0 aliphatic rings. The van der Waals surface area contributed by atoms with Crippen LogP contribution in [0.1, 0.15) is 11.4 Å². The second-order valence-electron chi connectivity index (χ2n) is 3.69. The van der Waals surface area contributed by atoms with Crippen LogP contribution in [0.25, 0.3) is 11.4 Å². The van der Waals surface area contributed by atoms with Gasteiger partial charge in [-0.3, -0.25) is 10.1 Å². The van der Waals surface area contributed by atoms with E-state index in [0.29, 0.717) is 17.0 Å². The van der Waals surface area contributed by atoms with E-state index < -0.39 is 4.92 Å². The average Bonchev–Trinajstić information content (AvgIpc) is 2.57. The smallest absolute Gasteiger partial charge is 0.280 e. The number of nitrogens with zero attached hydrogens (tertiary/aromatic N) is 3. The highest BCUT2D eigenvalue weighted by atomic mass is 16.6. The van der Waals surface area contributed by atoms with Gasteiger partial charge in [0.25, 0.3) is 5.69 Å². The van der Waals surface area contributed by atoms with Crippen molar-refractivity contribution in [2.45, 2.75) is 13.8 Å². The first kappa shape index (κ1) is 11.1. The van der Waals surface area contributed by atoms with Crippen molar-refractivity contribution >= 4 is 5.69 Å². The molecule has 0 aliphatic heterocycles. The summed E-state index contributed by atoms with van der Waals surface area (Å²) in [4.78, 5) is 14.5. The van der Waals surface area contributed by atoms with Crippen LogP contribution in [0.2, 0.25) is 0 Å². The van der Waals surface area contributed by atoms with Crippen LogP contribution in [0.5, 0.6) is 0 Å². The maximum atomic E-state index is 10.9. The Morgan fingerprint density at radius 1 is 1.35 bits per heavy atom. The van der Waals surface area contributed by atoms with E-state index in [1.165, 1.54) is 6.07 Å². The van der Waals surface area contributed by atoms with Crippen LogP contribution in [-0.4, -0.2) is 19.8 Å². The maximum absolute atomic E-state index is 10.9. The summed E-state index contributed by atoms with van der Waals surface area (Å²) in [7, 11) is 0. The van der Waals surface area contributed by atoms with Crippen molar-refractivity contribution in [3.05, 3.63) is 45.8 Å². The second-order valence-corrected chi connectivity index (χ2v) is 3.69. The lowest BCUT2D eigenvalue weighted by Gasteiger charge is -2.02. The third-order valence-electron chi connectivity index (χ3n) is 2.66. The molecule has 0 atom stereocenters. The van der Waals surface area contributed by atoms with Crippen molar-refractivity contribution in [3.8, 4) is 11.4 Å². The van der Waals surface area contributed by atoms with Crippen molar-refractivity contribution in [2.75, 3.05) is 0 Å². The minimum atomic E-state index is -0.491. The number of para-hydroxylation sites is 1. The SMILES string of the molecule is Cc1nc(-c2ccccc2[N+](=O)[O-])n(O)c1C. The Morgan fingerprint density at radius 3 is 2.53 bits per heavy atom. The zero-order valence-corrected chi connectivity index (χ0v) is 9.41. The number of imidazole rings is 1. The Kier molecular flexibility index (Phi) is 2.55. The molecule has 0 fully saturated rings. The minimum absolute atomic E-state index is 0.0761. The number of nitro benzene ring substituents is 1. The van der Waals surface area contributed by atoms with Gasteiger partial charge >= 0.3 is 0 Å². The summed E-state index contributed by atoms with van der Waals surface area (Å²) >= 11 is 0. The average molecular weight is 233 g/mol. The highest BCUT2D eigenvalue weighted by molar-refractivity contribution is 5.68. The molecular weight excluding hydrogens is 222 g/mol. The summed E-state index contributed by atoms with van der Waals surface area (Å²) in [5.41, 5.74) is 1.43. The molecule has 2 rings (SSSR count). The topological polar surface area (TPSA) is 81.2 Å². The van der Waals surface area contributed by atoms with Gasteiger partial charge in [0, 0.05) is 6.07 Å². The van der Waals surface area contributed by atoms with Crippen LogP contribution in [0.4, 0.5) is 5.69 Å². The van der Waals surface area contributed by atoms with Gasteiger partial charge in [0.05, 0.1) is 21.9 Å². The summed E-state index contributed by atoms with van der Waals surface area (Å²) in [6, 6.07) is 6.19. The molecular formula is C11H11N3O3. The van der Waals surface area contributed by atoms with Crippen molar-refractivity contribution in [1.82, 2.24) is 9.71 Å². The maximum Gasteiger partial charge on any atom is 0.280 e. The van der Waals surface area contributed by atoms with E-state index >= 15 is 0 Å². The van der Waals surface area contributed by atoms with Crippen LogP contribution in [0, 0.1) is 24.0 Å². The third-order valence-corrected chi connectivity index (χ3v) is 2.66. The first-order valence-corrected chi connectivity index (χ1v) is 5.01. The van der Waals surface area contributed by atoms with Gasteiger partial charge in [0.1, 0.15) is 0 Å². The molecule has 2 aromatic rings. The van der Waals surface area contributed by atoms with Gasteiger partial charge in [0.15, 0.2) is 5.82 Å². The van der Waals surface area contributed by atoms with Gasteiger partial charge in [-0.1, -0.05) is 12.1 Å². The van der Waals surface area contributed by atoms with Crippen molar-refractivity contribution < 1.29 is 10.1 Å². The van der Waals surface area contributed by atoms with Crippen LogP contribution < -0.4 is 0 Å². The lowest BCUT2D eigenvalue weighted by Crippen LogP contribution is -1.99. The molecule has 1 aromatic heterocycles. The second kappa shape index (κ2) is 3.89. The summed E-state index contributed by atoms with van der Waals surface area (Å²) < 4.78 is 0.873. The Bertz CT molecular complexity index is 590. The highest BCUT2D eigenvalue weighted by Gasteiger charge is 2.20. The number of nitro groups is 1. The quantitative estimate of drug-likeness (QED) is 0.490. The van der Waals surface area contributed by atoms with E-state index in [9.17, 15) is 15.3 Å². The van der Waals surface area contributed by atoms with E-state index in [0.717, 1.165) is 4.73 Å². The molecule has 0 radical (unpaired) electrons. The first-order chi connectivity index (χ1) is 8.02. The molecule has 1 N–H and O–H groups in total. The Hall–Kier alpha value is -2.37. The fourth-order valence-electron chi connectivity index (χ4n) is 1.60. The lowest BCUT2D eigenvalue weighted by atomic mass is 10.2. The number of aromatic nitrogens is 2. The molecule has 6 heteroatoms. The first-order valence-electron chi connectivity index (χ1n) is 5.01. The van der Waals surface area contributed by atoms with E-state index in [-0.39, 0.29) is 11.5 Å². The molecule has 0 amide bonds. The van der Waals surface area contributed by atoms with Crippen LogP contribution in [0.15, 0.2) is 24.3 Å². The minimum Gasteiger partial charge on any atom is -0.427 e. The zero-order chi connectivity index (χ0) is 12.6. The van der Waals surface area contributed by atoms with Gasteiger partial charge in [-0.25, -0.2) is 4.98 Å². The van der Waals surface area contributed by atoms with Gasteiger partial charge in [-0.2, -0.15) is 4.73 Å². The fraction of sp³-hybridized carbons (Fsp3) is 0.182. The summed E-state index contributed by atoms with van der Waals surface area (Å²) in [6.07, 6.45) is 0. The molecule has 6 nitrogen and oxygen atoms in total. The lowest BCUT2D eigenvalue weighted by molar-refractivity contribution is -0.384. The van der Waals surface area contributed by atoms with Gasteiger partial charge in [-0.05, 0) is 19.9 Å². The standard InChI is InChI=1S/C11H11N3O3/c1-7-8(2)13(15)11(12-7)9-5-3-4-6-10(9)14(16)17/h3-6,15H,1-2H3. The van der Waals surface area contributed by atoms with Crippen LogP contribution in [-0.2, 0) is 0 Å². The molecule has 0 saturated heterocycles. The van der Waals surface area contributed by atoms with Gasteiger partial charge in [0.2, 0.25) is 0 Å². The Balaban J connectivity index is 2.68. The van der Waals surface area contributed by atoms with E-state index in [1.54, 1.807) is 32.0 Å². The number of hydrogen-bond acceptors (Lipinski definition) is 4. The van der Waals surface area contributed by atoms with Gasteiger partial charge in [-0.15, -0.1) is 0 Å². The monoisotopic (exact) mass is 233 g/mol. The molecule has 0 saturated carbocycles. The molecule has 1 heterocycles. The fourth-order valence-corrected chi connectivity index (χ4v) is 1.60. The van der Waals surface area contributed by atoms with Crippen molar-refractivity contribution in [3.63, 3.8) is 0 Å². The predicted molar refractivity (Wildman–Crippen MR) is 61.0 cm³/mol. The molecule has 17 heavy (non-hydrogen) atoms. The molecule has 1 aromatic carbocycles. The van der Waals surface area contributed by atoms with Crippen molar-refractivity contribution in [1.29, 1.82) is 0 Å².